The first kappa shape index (κ1) is 15.0. The van der Waals surface area contributed by atoms with Gasteiger partial charge in [0.25, 0.3) is 0 Å². The normalized spacial score (nSPS) is 16.8. The van der Waals surface area contributed by atoms with E-state index in [9.17, 15) is 10.2 Å². The zero-order chi connectivity index (χ0) is 16.7. The van der Waals surface area contributed by atoms with Crippen LogP contribution in [0.5, 0.6) is 5.75 Å². The lowest BCUT2D eigenvalue weighted by atomic mass is 9.89. The third-order valence-corrected chi connectivity index (χ3v) is 4.94. The Labute approximate surface area is 140 Å². The summed E-state index contributed by atoms with van der Waals surface area (Å²) in [6, 6.07) is 16.9. The van der Waals surface area contributed by atoms with Gasteiger partial charge in [-0.05, 0) is 49.6 Å². The zero-order valence-electron chi connectivity index (χ0n) is 13.4. The summed E-state index contributed by atoms with van der Waals surface area (Å²) in [4.78, 5) is 0. The van der Waals surface area contributed by atoms with Crippen molar-refractivity contribution in [1.29, 1.82) is 0 Å². The number of hydrogen-bond acceptors (Lipinski definition) is 4. The number of phenolic OH excluding ortho intramolecular Hbond substituents is 1. The topological polar surface area (TPSA) is 66.5 Å². The molecular formula is C20H19NO3. The van der Waals surface area contributed by atoms with Crippen LogP contribution in [0.4, 0.5) is 0 Å². The van der Waals surface area contributed by atoms with Gasteiger partial charge in [0.1, 0.15) is 11.4 Å². The Morgan fingerprint density at radius 2 is 1.67 bits per heavy atom. The first-order valence-corrected chi connectivity index (χ1v) is 8.15. The molecule has 0 unspecified atom stereocenters. The lowest BCUT2D eigenvalue weighted by molar-refractivity contribution is 0.134. The standard InChI is InChI=1S/C20H19NO3/c1-13(22)20(11-12-20)19-17(14-5-3-2-4-6-14)18(21-24-19)15-7-9-16(23)10-8-15/h2-10,13,22-23H,11-12H2,1H3/t13-/m1/s1. The van der Waals surface area contributed by atoms with Crippen molar-refractivity contribution >= 4 is 0 Å². The lowest BCUT2D eigenvalue weighted by Gasteiger charge is -2.17. The maximum atomic E-state index is 10.3. The van der Waals surface area contributed by atoms with E-state index >= 15 is 0 Å². The highest BCUT2D eigenvalue weighted by atomic mass is 16.5. The number of aliphatic hydroxyl groups excluding tert-OH is 1. The molecule has 1 aliphatic carbocycles. The summed E-state index contributed by atoms with van der Waals surface area (Å²) in [6.07, 6.45) is 1.31. The van der Waals surface area contributed by atoms with Crippen molar-refractivity contribution in [2.75, 3.05) is 0 Å². The molecule has 1 fully saturated rings. The minimum atomic E-state index is -0.486. The van der Waals surface area contributed by atoms with E-state index in [4.69, 9.17) is 4.52 Å². The third kappa shape index (κ3) is 2.31. The van der Waals surface area contributed by atoms with Crippen LogP contribution in [0.25, 0.3) is 22.4 Å². The molecular weight excluding hydrogens is 302 g/mol. The number of nitrogens with zero attached hydrogens (tertiary/aromatic N) is 1. The molecule has 2 N–H and O–H groups in total. The second-order valence-corrected chi connectivity index (χ2v) is 6.48. The van der Waals surface area contributed by atoms with E-state index in [1.165, 1.54) is 0 Å². The molecule has 3 aromatic rings. The van der Waals surface area contributed by atoms with Gasteiger partial charge in [-0.1, -0.05) is 35.5 Å². The lowest BCUT2D eigenvalue weighted by Crippen LogP contribution is -2.22. The monoisotopic (exact) mass is 321 g/mol. The van der Waals surface area contributed by atoms with Gasteiger partial charge >= 0.3 is 0 Å². The van der Waals surface area contributed by atoms with Crippen LogP contribution < -0.4 is 0 Å². The van der Waals surface area contributed by atoms with Crippen molar-refractivity contribution in [2.24, 2.45) is 0 Å². The van der Waals surface area contributed by atoms with Gasteiger partial charge in [-0.15, -0.1) is 0 Å². The average molecular weight is 321 g/mol. The van der Waals surface area contributed by atoms with Crippen LogP contribution in [0, 0.1) is 0 Å². The first-order chi connectivity index (χ1) is 11.6. The maximum absolute atomic E-state index is 10.3. The fourth-order valence-corrected chi connectivity index (χ4v) is 3.29. The molecule has 0 bridgehead atoms. The van der Waals surface area contributed by atoms with Crippen molar-refractivity contribution in [2.45, 2.75) is 31.3 Å². The Hall–Kier alpha value is -2.59. The van der Waals surface area contributed by atoms with Crippen LogP contribution in [-0.4, -0.2) is 21.5 Å². The molecule has 0 amide bonds. The molecule has 1 atom stereocenters. The van der Waals surface area contributed by atoms with Crippen LogP contribution in [0.1, 0.15) is 25.5 Å². The highest BCUT2D eigenvalue weighted by molar-refractivity contribution is 5.83. The van der Waals surface area contributed by atoms with Gasteiger partial charge in [-0.3, -0.25) is 0 Å². The number of aromatic hydroxyl groups is 1. The van der Waals surface area contributed by atoms with Gasteiger partial charge in [0.2, 0.25) is 0 Å². The quantitative estimate of drug-likeness (QED) is 0.758. The number of phenols is 1. The summed E-state index contributed by atoms with van der Waals surface area (Å²) in [5.74, 6) is 0.971. The molecule has 1 aromatic heterocycles. The number of aliphatic hydroxyl groups is 1. The summed E-state index contributed by atoms with van der Waals surface area (Å²) in [6.45, 7) is 1.81. The van der Waals surface area contributed by atoms with E-state index in [-0.39, 0.29) is 11.2 Å². The summed E-state index contributed by atoms with van der Waals surface area (Å²) >= 11 is 0. The smallest absolute Gasteiger partial charge is 0.153 e. The molecule has 2 aromatic carbocycles. The fraction of sp³-hybridized carbons (Fsp3) is 0.250. The fourth-order valence-electron chi connectivity index (χ4n) is 3.29. The Bertz CT molecular complexity index is 846. The van der Waals surface area contributed by atoms with Crippen molar-refractivity contribution in [3.05, 3.63) is 60.4 Å². The van der Waals surface area contributed by atoms with Crippen LogP contribution >= 0.6 is 0 Å². The van der Waals surface area contributed by atoms with Crippen molar-refractivity contribution in [1.82, 2.24) is 5.16 Å². The zero-order valence-corrected chi connectivity index (χ0v) is 13.4. The Morgan fingerprint density at radius 3 is 2.25 bits per heavy atom. The van der Waals surface area contributed by atoms with Gasteiger partial charge in [-0.2, -0.15) is 0 Å². The number of rotatable bonds is 4. The molecule has 0 radical (unpaired) electrons. The van der Waals surface area contributed by atoms with Crippen molar-refractivity contribution in [3.63, 3.8) is 0 Å². The second kappa shape index (κ2) is 5.49. The van der Waals surface area contributed by atoms with Gasteiger partial charge in [0.05, 0.1) is 17.1 Å². The molecule has 0 saturated heterocycles. The van der Waals surface area contributed by atoms with Gasteiger partial charge in [0.15, 0.2) is 5.76 Å². The Morgan fingerprint density at radius 1 is 1.00 bits per heavy atom. The van der Waals surface area contributed by atoms with Crippen molar-refractivity contribution < 1.29 is 14.7 Å². The Balaban J connectivity index is 1.92. The third-order valence-electron chi connectivity index (χ3n) is 4.94. The largest absolute Gasteiger partial charge is 0.508 e. The van der Waals surface area contributed by atoms with E-state index in [1.807, 2.05) is 49.4 Å². The second-order valence-electron chi connectivity index (χ2n) is 6.48. The molecule has 4 rings (SSSR count). The molecule has 4 heteroatoms. The maximum Gasteiger partial charge on any atom is 0.153 e. The summed E-state index contributed by atoms with van der Waals surface area (Å²) in [5, 5.41) is 24.1. The van der Waals surface area contributed by atoms with E-state index in [1.54, 1.807) is 12.1 Å². The molecule has 1 heterocycles. The summed E-state index contributed by atoms with van der Waals surface area (Å²) in [5.41, 5.74) is 3.22. The van der Waals surface area contributed by atoms with Crippen LogP contribution in [0.2, 0.25) is 0 Å². The minimum Gasteiger partial charge on any atom is -0.508 e. The van der Waals surface area contributed by atoms with E-state index in [0.29, 0.717) is 0 Å². The van der Waals surface area contributed by atoms with Crippen LogP contribution in [-0.2, 0) is 5.41 Å². The predicted molar refractivity (Wildman–Crippen MR) is 91.6 cm³/mol. The van der Waals surface area contributed by atoms with E-state index < -0.39 is 6.10 Å². The van der Waals surface area contributed by atoms with Gasteiger partial charge in [-0.25, -0.2) is 0 Å². The molecule has 1 aliphatic rings. The highest BCUT2D eigenvalue weighted by Crippen LogP contribution is 2.55. The molecule has 122 valence electrons. The van der Waals surface area contributed by atoms with Gasteiger partial charge < -0.3 is 14.7 Å². The molecule has 4 nitrogen and oxygen atoms in total. The molecule has 24 heavy (non-hydrogen) atoms. The highest BCUT2D eigenvalue weighted by Gasteiger charge is 2.53. The van der Waals surface area contributed by atoms with Crippen LogP contribution in [0.3, 0.4) is 0 Å². The summed E-state index contributed by atoms with van der Waals surface area (Å²) < 4.78 is 5.75. The van der Waals surface area contributed by atoms with Crippen molar-refractivity contribution in [3.8, 4) is 28.1 Å². The SMILES string of the molecule is C[C@@H](O)C1(c2onc(-c3ccc(O)cc3)c2-c2ccccc2)CC1. The average Bonchev–Trinajstić information content (AvgIpc) is 3.30. The van der Waals surface area contributed by atoms with Gasteiger partial charge in [0, 0.05) is 5.56 Å². The first-order valence-electron chi connectivity index (χ1n) is 8.15. The predicted octanol–water partition coefficient (Wildman–Crippen LogP) is 4.13. The Kier molecular flexibility index (Phi) is 3.43. The molecule has 0 aliphatic heterocycles. The number of benzene rings is 2. The summed E-state index contributed by atoms with van der Waals surface area (Å²) in [7, 11) is 0. The number of aromatic nitrogens is 1. The van der Waals surface area contributed by atoms with E-state index in [0.717, 1.165) is 41.0 Å². The number of hydrogen-bond donors (Lipinski definition) is 2. The molecule has 0 spiro atoms. The van der Waals surface area contributed by atoms with E-state index in [2.05, 4.69) is 5.16 Å². The molecule has 1 saturated carbocycles. The van der Waals surface area contributed by atoms with Crippen LogP contribution in [0.15, 0.2) is 59.1 Å². The minimum absolute atomic E-state index is 0.214.